The van der Waals surface area contributed by atoms with E-state index in [-0.39, 0.29) is 15.7 Å². The van der Waals surface area contributed by atoms with Gasteiger partial charge in [-0.1, -0.05) is 70.7 Å². The molecule has 1 atom stereocenters. The fourth-order valence-electron chi connectivity index (χ4n) is 2.21. The van der Waals surface area contributed by atoms with E-state index in [1.54, 1.807) is 24.3 Å². The lowest BCUT2D eigenvalue weighted by Crippen LogP contribution is -2.56. The summed E-state index contributed by atoms with van der Waals surface area (Å²) in [4.78, 5) is 12.5. The maximum absolute atomic E-state index is 12.5. The molecule has 0 radical (unpaired) electrons. The number of nitrogens with one attached hydrogen (secondary N) is 3. The van der Waals surface area contributed by atoms with Gasteiger partial charge in [0.15, 0.2) is 5.11 Å². The number of alkyl halides is 3. The Labute approximate surface area is 183 Å². The first-order valence-corrected chi connectivity index (χ1v) is 9.77. The summed E-state index contributed by atoms with van der Waals surface area (Å²) in [6.07, 6.45) is -1.09. The second kappa shape index (κ2) is 9.30. The smallest absolute Gasteiger partial charge is 0.254 e. The van der Waals surface area contributed by atoms with Gasteiger partial charge in [0, 0.05) is 5.69 Å². The molecule has 144 valence electrons. The van der Waals surface area contributed by atoms with Crippen LogP contribution in [0, 0.1) is 13.8 Å². The van der Waals surface area contributed by atoms with E-state index in [2.05, 4.69) is 16.0 Å². The van der Waals surface area contributed by atoms with Crippen molar-refractivity contribution in [2.24, 2.45) is 0 Å². The Bertz CT molecular complexity index is 855. The molecule has 0 unspecified atom stereocenters. The largest absolute Gasteiger partial charge is 0.339 e. The van der Waals surface area contributed by atoms with Gasteiger partial charge in [0.2, 0.25) is 3.79 Å². The van der Waals surface area contributed by atoms with Gasteiger partial charge in [0.25, 0.3) is 5.91 Å². The first kappa shape index (κ1) is 22.1. The minimum Gasteiger partial charge on any atom is -0.339 e. The number of hydrogen-bond acceptors (Lipinski definition) is 2. The van der Waals surface area contributed by atoms with Gasteiger partial charge in [-0.3, -0.25) is 4.79 Å². The monoisotopic (exact) mass is 463 g/mol. The quantitative estimate of drug-likeness (QED) is 0.323. The number of rotatable bonds is 4. The zero-order valence-corrected chi connectivity index (χ0v) is 18.3. The van der Waals surface area contributed by atoms with Gasteiger partial charge in [0.05, 0.1) is 10.6 Å². The minimum atomic E-state index is -1.86. The number of thiocarbonyl (C=S) groups is 1. The van der Waals surface area contributed by atoms with Crippen LogP contribution < -0.4 is 16.0 Å². The van der Waals surface area contributed by atoms with Gasteiger partial charge < -0.3 is 16.0 Å². The zero-order chi connectivity index (χ0) is 20.2. The topological polar surface area (TPSA) is 53.2 Å². The van der Waals surface area contributed by atoms with Crippen LogP contribution in [0.2, 0.25) is 5.02 Å². The van der Waals surface area contributed by atoms with Crippen LogP contribution in [-0.2, 0) is 0 Å². The molecule has 2 rings (SSSR count). The molecule has 3 N–H and O–H groups in total. The van der Waals surface area contributed by atoms with Crippen molar-refractivity contribution in [2.45, 2.75) is 23.8 Å². The summed E-state index contributed by atoms with van der Waals surface area (Å²) in [5.74, 6) is -0.501. The fraction of sp³-hybridized carbons (Fsp3) is 0.222. The fourth-order valence-corrected chi connectivity index (χ4v) is 2.99. The number of halogens is 4. The van der Waals surface area contributed by atoms with Crippen molar-refractivity contribution in [2.75, 3.05) is 5.32 Å². The molecule has 0 aliphatic carbocycles. The second-order valence-corrected chi connectivity index (χ2v) is 9.03. The van der Waals surface area contributed by atoms with E-state index in [9.17, 15) is 4.79 Å². The molecule has 0 bridgehead atoms. The van der Waals surface area contributed by atoms with E-state index in [1.807, 2.05) is 32.0 Å². The van der Waals surface area contributed by atoms with Gasteiger partial charge in [-0.05, 0) is 55.4 Å². The van der Waals surface area contributed by atoms with E-state index >= 15 is 0 Å². The number of amides is 1. The Balaban J connectivity index is 2.12. The minimum absolute atomic E-state index is 0.194. The molecule has 0 saturated heterocycles. The summed E-state index contributed by atoms with van der Waals surface area (Å²) in [6, 6.07) is 12.5. The van der Waals surface area contributed by atoms with E-state index in [4.69, 9.17) is 58.6 Å². The Hall–Kier alpha value is -1.24. The van der Waals surface area contributed by atoms with Crippen molar-refractivity contribution in [3.05, 3.63) is 64.2 Å². The number of hydrogen-bond donors (Lipinski definition) is 3. The van der Waals surface area contributed by atoms with E-state index in [0.717, 1.165) is 16.8 Å². The van der Waals surface area contributed by atoms with Crippen LogP contribution in [0.1, 0.15) is 21.5 Å². The lowest BCUT2D eigenvalue weighted by atomic mass is 10.1. The molecule has 0 heterocycles. The maximum atomic E-state index is 12.5. The molecule has 4 nitrogen and oxygen atoms in total. The highest BCUT2D eigenvalue weighted by atomic mass is 35.6. The SMILES string of the molecule is Cc1ccc(C)c(NC(=S)N[C@H](NC(=O)c2ccccc2Cl)C(Cl)(Cl)Cl)c1. The maximum Gasteiger partial charge on any atom is 0.254 e. The molecular weight excluding hydrogens is 448 g/mol. The number of benzene rings is 2. The van der Waals surface area contributed by atoms with Gasteiger partial charge in [-0.15, -0.1) is 0 Å². The third kappa shape index (κ3) is 6.40. The molecule has 0 aliphatic rings. The average molecular weight is 465 g/mol. The molecule has 1 amide bonds. The highest BCUT2D eigenvalue weighted by Crippen LogP contribution is 2.29. The first-order valence-electron chi connectivity index (χ1n) is 7.85. The van der Waals surface area contributed by atoms with E-state index in [1.165, 1.54) is 0 Å². The Morgan fingerprint density at radius 1 is 1.07 bits per heavy atom. The highest BCUT2D eigenvalue weighted by molar-refractivity contribution is 7.80. The summed E-state index contributed by atoms with van der Waals surface area (Å²) < 4.78 is -1.86. The molecule has 0 fully saturated rings. The molecule has 2 aromatic carbocycles. The molecule has 0 saturated carbocycles. The van der Waals surface area contributed by atoms with Crippen LogP contribution in [0.25, 0.3) is 0 Å². The normalized spacial score (nSPS) is 12.2. The lowest BCUT2D eigenvalue weighted by Gasteiger charge is -2.28. The van der Waals surface area contributed by atoms with Crippen molar-refractivity contribution in [3.8, 4) is 0 Å². The first-order chi connectivity index (χ1) is 12.6. The predicted octanol–water partition coefficient (Wildman–Crippen LogP) is 5.37. The summed E-state index contributed by atoms with van der Waals surface area (Å²) in [5, 5.41) is 8.95. The lowest BCUT2D eigenvalue weighted by molar-refractivity contribution is 0.0934. The predicted molar refractivity (Wildman–Crippen MR) is 118 cm³/mol. The number of carbonyl (C=O) groups is 1. The third-order valence-corrected chi connectivity index (χ3v) is 4.84. The van der Waals surface area contributed by atoms with Gasteiger partial charge in [-0.2, -0.15) is 0 Å². The zero-order valence-electron chi connectivity index (χ0n) is 14.4. The standard InChI is InChI=1S/C18H17Cl4N3OS/c1-10-7-8-11(2)14(9-10)23-17(27)25-16(18(20,21)22)24-15(26)12-5-3-4-6-13(12)19/h3-9,16H,1-2H3,(H,24,26)(H2,23,25,27)/t16-/m0/s1. The van der Waals surface area contributed by atoms with E-state index in [0.29, 0.717) is 0 Å². The molecule has 0 aliphatic heterocycles. The van der Waals surface area contributed by atoms with Crippen LogP contribution in [-0.4, -0.2) is 21.0 Å². The van der Waals surface area contributed by atoms with E-state index < -0.39 is 15.9 Å². The Kier molecular flexibility index (Phi) is 7.60. The number of carbonyl (C=O) groups excluding carboxylic acids is 1. The molecular formula is C18H17Cl4N3OS. The summed E-state index contributed by atoms with van der Waals surface area (Å²) in [6.45, 7) is 3.91. The van der Waals surface area contributed by atoms with Crippen LogP contribution in [0.15, 0.2) is 42.5 Å². The average Bonchev–Trinajstić information content (AvgIpc) is 2.57. The second-order valence-electron chi connectivity index (χ2n) is 5.84. The van der Waals surface area contributed by atoms with Crippen molar-refractivity contribution < 1.29 is 4.79 Å². The van der Waals surface area contributed by atoms with Crippen molar-refractivity contribution >= 4 is 75.3 Å². The van der Waals surface area contributed by atoms with Crippen LogP contribution in [0.5, 0.6) is 0 Å². The Morgan fingerprint density at radius 2 is 1.74 bits per heavy atom. The van der Waals surface area contributed by atoms with Gasteiger partial charge >= 0.3 is 0 Å². The van der Waals surface area contributed by atoms with Crippen LogP contribution >= 0.6 is 58.6 Å². The van der Waals surface area contributed by atoms with Crippen LogP contribution in [0.4, 0.5) is 5.69 Å². The number of aryl methyl sites for hydroxylation is 2. The molecule has 0 aromatic heterocycles. The summed E-state index contributed by atoms with van der Waals surface area (Å²) >= 11 is 29.4. The summed E-state index contributed by atoms with van der Waals surface area (Å²) in [7, 11) is 0. The van der Waals surface area contributed by atoms with Crippen molar-refractivity contribution in [1.29, 1.82) is 0 Å². The van der Waals surface area contributed by atoms with Crippen molar-refractivity contribution in [1.82, 2.24) is 10.6 Å². The molecule has 0 spiro atoms. The number of anilines is 1. The highest BCUT2D eigenvalue weighted by Gasteiger charge is 2.35. The molecule has 9 heteroatoms. The molecule has 2 aromatic rings. The summed E-state index contributed by atoms with van der Waals surface area (Å²) in [5.41, 5.74) is 3.13. The van der Waals surface area contributed by atoms with Gasteiger partial charge in [0.1, 0.15) is 6.17 Å². The third-order valence-electron chi connectivity index (χ3n) is 3.64. The Morgan fingerprint density at radius 3 is 2.37 bits per heavy atom. The molecule has 27 heavy (non-hydrogen) atoms. The van der Waals surface area contributed by atoms with Gasteiger partial charge in [-0.25, -0.2) is 0 Å². The van der Waals surface area contributed by atoms with Crippen molar-refractivity contribution in [3.63, 3.8) is 0 Å². The van der Waals surface area contributed by atoms with Crippen LogP contribution in [0.3, 0.4) is 0 Å².